The summed E-state index contributed by atoms with van der Waals surface area (Å²) >= 11 is 0. The molecule has 2 amide bonds. The maximum Gasteiger partial charge on any atom is 0.225 e. The van der Waals surface area contributed by atoms with E-state index in [0.29, 0.717) is 19.4 Å². The highest BCUT2D eigenvalue weighted by Crippen LogP contribution is 2.35. The number of benzene rings is 2. The molecule has 0 radical (unpaired) electrons. The summed E-state index contributed by atoms with van der Waals surface area (Å²) in [6.07, 6.45) is 0.895. The molecule has 1 saturated heterocycles. The second-order valence-corrected chi connectivity index (χ2v) is 6.35. The second kappa shape index (κ2) is 7.47. The summed E-state index contributed by atoms with van der Waals surface area (Å²) in [7, 11) is 1.75. The first-order valence-electron chi connectivity index (χ1n) is 8.39. The van der Waals surface area contributed by atoms with Crippen LogP contribution in [0.1, 0.15) is 30.0 Å². The van der Waals surface area contributed by atoms with E-state index < -0.39 is 0 Å². The number of piperidine rings is 1. The highest BCUT2D eigenvalue weighted by molar-refractivity contribution is 5.84. The van der Waals surface area contributed by atoms with Gasteiger partial charge in [0, 0.05) is 20.0 Å². The van der Waals surface area contributed by atoms with Gasteiger partial charge in [-0.3, -0.25) is 9.59 Å². The molecule has 0 aromatic heterocycles. The minimum Gasteiger partial charge on any atom is -0.352 e. The number of hydrogen-bond acceptors (Lipinski definition) is 2. The molecular weight excluding hydrogens is 319 g/mol. The molecule has 1 N–H and O–H groups in total. The van der Waals surface area contributed by atoms with Crippen molar-refractivity contribution in [2.75, 3.05) is 7.05 Å². The average Bonchev–Trinajstić information content (AvgIpc) is 2.64. The number of carbonyl (C=O) groups excluding carboxylic acids is 2. The molecule has 2 atom stereocenters. The van der Waals surface area contributed by atoms with Crippen molar-refractivity contribution in [1.82, 2.24) is 10.2 Å². The molecule has 1 heterocycles. The first-order valence-corrected chi connectivity index (χ1v) is 8.39. The van der Waals surface area contributed by atoms with E-state index in [1.807, 2.05) is 30.3 Å². The maximum absolute atomic E-state index is 13.0. The molecule has 1 fully saturated rings. The molecule has 0 spiro atoms. The van der Waals surface area contributed by atoms with Crippen LogP contribution in [0.4, 0.5) is 4.39 Å². The van der Waals surface area contributed by atoms with Crippen LogP contribution in [0.15, 0.2) is 54.6 Å². The summed E-state index contributed by atoms with van der Waals surface area (Å²) < 4.78 is 13.0. The van der Waals surface area contributed by atoms with Crippen LogP contribution in [0.3, 0.4) is 0 Å². The molecule has 0 saturated carbocycles. The fourth-order valence-electron chi connectivity index (χ4n) is 3.34. The van der Waals surface area contributed by atoms with Crippen molar-refractivity contribution in [2.45, 2.75) is 25.4 Å². The van der Waals surface area contributed by atoms with Crippen LogP contribution in [-0.4, -0.2) is 23.8 Å². The minimum atomic E-state index is -0.300. The SMILES string of the molecule is CN1C(=O)CC[C@@H](C(=O)NCc2ccc(F)cc2)[C@@H]1c1ccccc1. The Morgan fingerprint density at radius 2 is 1.84 bits per heavy atom. The van der Waals surface area contributed by atoms with Crippen LogP contribution < -0.4 is 5.32 Å². The number of halogens is 1. The zero-order chi connectivity index (χ0) is 17.8. The Hall–Kier alpha value is -2.69. The Balaban J connectivity index is 1.74. The van der Waals surface area contributed by atoms with Crippen molar-refractivity contribution in [3.05, 3.63) is 71.5 Å². The largest absolute Gasteiger partial charge is 0.352 e. The molecule has 2 aromatic rings. The van der Waals surface area contributed by atoms with E-state index in [-0.39, 0.29) is 29.6 Å². The predicted molar refractivity (Wildman–Crippen MR) is 92.9 cm³/mol. The molecule has 3 rings (SSSR count). The highest BCUT2D eigenvalue weighted by Gasteiger charge is 2.38. The fraction of sp³-hybridized carbons (Fsp3) is 0.300. The maximum atomic E-state index is 13.0. The van der Waals surface area contributed by atoms with Crippen molar-refractivity contribution in [1.29, 1.82) is 0 Å². The Labute approximate surface area is 146 Å². The predicted octanol–water partition coefficient (Wildman–Crippen LogP) is 3.05. The summed E-state index contributed by atoms with van der Waals surface area (Å²) in [5.41, 5.74) is 1.80. The van der Waals surface area contributed by atoms with Gasteiger partial charge in [0.25, 0.3) is 0 Å². The first kappa shape index (κ1) is 17.1. The van der Waals surface area contributed by atoms with Crippen LogP contribution in [0, 0.1) is 11.7 Å². The number of rotatable bonds is 4. The monoisotopic (exact) mass is 340 g/mol. The van der Waals surface area contributed by atoms with Gasteiger partial charge in [-0.25, -0.2) is 4.39 Å². The quantitative estimate of drug-likeness (QED) is 0.930. The van der Waals surface area contributed by atoms with Gasteiger partial charge < -0.3 is 10.2 Å². The van der Waals surface area contributed by atoms with Crippen molar-refractivity contribution in [3.8, 4) is 0 Å². The van der Waals surface area contributed by atoms with Gasteiger partial charge in [0.1, 0.15) is 5.82 Å². The topological polar surface area (TPSA) is 49.4 Å². The average molecular weight is 340 g/mol. The lowest BCUT2D eigenvalue weighted by Crippen LogP contribution is -2.46. The molecular formula is C20H21FN2O2. The number of likely N-dealkylation sites (tertiary alicyclic amines) is 1. The third-order valence-corrected chi connectivity index (χ3v) is 4.72. The van der Waals surface area contributed by atoms with Crippen LogP contribution in [0.2, 0.25) is 0 Å². The zero-order valence-corrected chi connectivity index (χ0v) is 14.1. The van der Waals surface area contributed by atoms with E-state index in [1.165, 1.54) is 12.1 Å². The first-order chi connectivity index (χ1) is 12.1. The number of carbonyl (C=O) groups is 2. The van der Waals surface area contributed by atoms with Gasteiger partial charge in [-0.15, -0.1) is 0 Å². The molecule has 1 aliphatic heterocycles. The third-order valence-electron chi connectivity index (χ3n) is 4.72. The second-order valence-electron chi connectivity index (χ2n) is 6.35. The number of amides is 2. The van der Waals surface area contributed by atoms with Gasteiger partial charge in [-0.05, 0) is 29.7 Å². The van der Waals surface area contributed by atoms with E-state index in [1.54, 1.807) is 24.1 Å². The summed E-state index contributed by atoms with van der Waals surface area (Å²) in [5.74, 6) is -0.633. The van der Waals surface area contributed by atoms with Gasteiger partial charge >= 0.3 is 0 Å². The highest BCUT2D eigenvalue weighted by atomic mass is 19.1. The van der Waals surface area contributed by atoms with Crippen molar-refractivity contribution >= 4 is 11.8 Å². The minimum absolute atomic E-state index is 0.0523. The third kappa shape index (κ3) is 3.87. The van der Waals surface area contributed by atoms with Gasteiger partial charge in [0.2, 0.25) is 11.8 Å². The zero-order valence-electron chi connectivity index (χ0n) is 14.1. The normalized spacial score (nSPS) is 20.4. The summed E-state index contributed by atoms with van der Waals surface area (Å²) in [5, 5.41) is 2.92. The van der Waals surface area contributed by atoms with Gasteiger partial charge in [-0.2, -0.15) is 0 Å². The number of hydrogen-bond donors (Lipinski definition) is 1. The summed E-state index contributed by atoms with van der Waals surface area (Å²) in [4.78, 5) is 26.5. The van der Waals surface area contributed by atoms with Gasteiger partial charge in [0.15, 0.2) is 0 Å². The lowest BCUT2D eigenvalue weighted by Gasteiger charge is -2.38. The van der Waals surface area contributed by atoms with E-state index in [9.17, 15) is 14.0 Å². The molecule has 5 heteroatoms. The Bertz CT molecular complexity index is 746. The molecule has 0 aliphatic carbocycles. The van der Waals surface area contributed by atoms with Crippen LogP contribution in [0.25, 0.3) is 0 Å². The molecule has 4 nitrogen and oxygen atoms in total. The van der Waals surface area contributed by atoms with Gasteiger partial charge in [-0.1, -0.05) is 42.5 Å². The number of nitrogens with zero attached hydrogens (tertiary/aromatic N) is 1. The van der Waals surface area contributed by atoms with Gasteiger partial charge in [0.05, 0.1) is 12.0 Å². The molecule has 25 heavy (non-hydrogen) atoms. The van der Waals surface area contributed by atoms with Crippen molar-refractivity contribution in [2.24, 2.45) is 5.92 Å². The Morgan fingerprint density at radius 1 is 1.16 bits per heavy atom. The summed E-state index contributed by atoms with van der Waals surface area (Å²) in [6.45, 7) is 0.342. The van der Waals surface area contributed by atoms with E-state index in [4.69, 9.17) is 0 Å². The Kier molecular flexibility index (Phi) is 5.12. The Morgan fingerprint density at radius 3 is 2.52 bits per heavy atom. The van der Waals surface area contributed by atoms with Crippen LogP contribution >= 0.6 is 0 Å². The van der Waals surface area contributed by atoms with Crippen LogP contribution in [0.5, 0.6) is 0 Å². The smallest absolute Gasteiger partial charge is 0.225 e. The fourth-order valence-corrected chi connectivity index (χ4v) is 3.34. The molecule has 0 bridgehead atoms. The van der Waals surface area contributed by atoms with Crippen LogP contribution in [-0.2, 0) is 16.1 Å². The standard InChI is InChI=1S/C20H21FN2O2/c1-23-18(24)12-11-17(19(23)15-5-3-2-4-6-15)20(25)22-13-14-7-9-16(21)10-8-14/h2-10,17,19H,11-13H2,1H3,(H,22,25)/t17-,19+/m1/s1. The van der Waals surface area contributed by atoms with E-state index in [0.717, 1.165) is 11.1 Å². The summed E-state index contributed by atoms with van der Waals surface area (Å²) in [6, 6.07) is 15.4. The lowest BCUT2D eigenvalue weighted by molar-refractivity contribution is -0.141. The van der Waals surface area contributed by atoms with Crippen molar-refractivity contribution in [3.63, 3.8) is 0 Å². The lowest BCUT2D eigenvalue weighted by atomic mass is 9.84. The molecule has 2 aromatic carbocycles. The molecule has 1 aliphatic rings. The molecule has 130 valence electrons. The van der Waals surface area contributed by atoms with E-state index in [2.05, 4.69) is 5.32 Å². The van der Waals surface area contributed by atoms with Crippen molar-refractivity contribution < 1.29 is 14.0 Å². The van der Waals surface area contributed by atoms with E-state index >= 15 is 0 Å². The molecule has 0 unspecified atom stereocenters. The number of nitrogens with one attached hydrogen (secondary N) is 1.